The van der Waals surface area contributed by atoms with Crippen molar-refractivity contribution in [3.8, 4) is 11.5 Å². The van der Waals surface area contributed by atoms with Crippen LogP contribution in [0.25, 0.3) is 0 Å². The highest BCUT2D eigenvalue weighted by atomic mass is 35.5. The van der Waals surface area contributed by atoms with Crippen molar-refractivity contribution in [1.82, 2.24) is 0 Å². The van der Waals surface area contributed by atoms with Crippen molar-refractivity contribution in [2.45, 2.75) is 20.8 Å². The molecule has 5 nitrogen and oxygen atoms in total. The van der Waals surface area contributed by atoms with Gasteiger partial charge in [-0.3, -0.25) is 9.79 Å². The van der Waals surface area contributed by atoms with Gasteiger partial charge < -0.3 is 14.8 Å². The first kappa shape index (κ1) is 22.4. The summed E-state index contributed by atoms with van der Waals surface area (Å²) in [6.07, 6.45) is 1.73. The van der Waals surface area contributed by atoms with E-state index in [1.807, 2.05) is 69.3 Å². The number of amides is 1. The van der Waals surface area contributed by atoms with Crippen molar-refractivity contribution in [2.75, 3.05) is 18.5 Å². The molecule has 3 rings (SSSR count). The number of aliphatic imine (C=N–C) groups is 1. The zero-order chi connectivity index (χ0) is 22.2. The van der Waals surface area contributed by atoms with Crippen LogP contribution in [-0.4, -0.2) is 25.3 Å². The van der Waals surface area contributed by atoms with Gasteiger partial charge in [0.1, 0.15) is 0 Å². The number of halogens is 1. The summed E-state index contributed by atoms with van der Waals surface area (Å²) in [7, 11) is 0. The topological polar surface area (TPSA) is 59.9 Å². The molecule has 3 aromatic rings. The van der Waals surface area contributed by atoms with Crippen LogP contribution >= 0.6 is 11.6 Å². The lowest BCUT2D eigenvalue weighted by atomic mass is 10.2. The predicted octanol–water partition coefficient (Wildman–Crippen LogP) is 6.12. The molecule has 0 heterocycles. The number of ether oxygens (including phenoxy) is 2. The Bertz CT molecular complexity index is 1100. The Morgan fingerprint density at radius 1 is 1.06 bits per heavy atom. The molecule has 31 heavy (non-hydrogen) atoms. The maximum atomic E-state index is 12.3. The van der Waals surface area contributed by atoms with Gasteiger partial charge in [0.15, 0.2) is 18.1 Å². The highest BCUT2D eigenvalue weighted by Crippen LogP contribution is 2.36. The summed E-state index contributed by atoms with van der Waals surface area (Å²) in [6, 6.07) is 19.0. The Morgan fingerprint density at radius 2 is 1.87 bits per heavy atom. The molecule has 160 valence electrons. The second-order valence-corrected chi connectivity index (χ2v) is 7.42. The summed E-state index contributed by atoms with van der Waals surface area (Å²) in [5.41, 5.74) is 4.50. The number of nitrogens with zero attached hydrogens (tertiary/aromatic N) is 1. The number of nitrogens with one attached hydrogen (secondary N) is 1. The number of carbonyl (C=O) groups excluding carboxylic acids is 1. The third-order valence-corrected chi connectivity index (χ3v) is 4.73. The van der Waals surface area contributed by atoms with Crippen molar-refractivity contribution >= 4 is 35.1 Å². The van der Waals surface area contributed by atoms with Crippen LogP contribution in [0, 0.1) is 13.8 Å². The van der Waals surface area contributed by atoms with Crippen molar-refractivity contribution < 1.29 is 14.3 Å². The highest BCUT2D eigenvalue weighted by Gasteiger charge is 2.14. The number of hydrogen-bond acceptors (Lipinski definition) is 4. The molecule has 0 fully saturated rings. The van der Waals surface area contributed by atoms with Crippen LogP contribution in [0.4, 0.5) is 11.4 Å². The quantitative estimate of drug-likeness (QED) is 0.432. The number of carbonyl (C=O) groups is 1. The van der Waals surface area contributed by atoms with E-state index in [1.54, 1.807) is 18.3 Å². The lowest BCUT2D eigenvalue weighted by molar-refractivity contribution is -0.118. The highest BCUT2D eigenvalue weighted by molar-refractivity contribution is 6.32. The molecule has 0 aliphatic carbocycles. The van der Waals surface area contributed by atoms with Crippen molar-refractivity contribution in [1.29, 1.82) is 0 Å². The van der Waals surface area contributed by atoms with E-state index in [0.29, 0.717) is 28.8 Å². The van der Waals surface area contributed by atoms with Gasteiger partial charge in [-0.05, 0) is 67.8 Å². The summed E-state index contributed by atoms with van der Waals surface area (Å²) in [5, 5.41) is 3.16. The summed E-state index contributed by atoms with van der Waals surface area (Å²) in [4.78, 5) is 16.8. The first-order chi connectivity index (χ1) is 15.0. The van der Waals surface area contributed by atoms with Gasteiger partial charge in [0.2, 0.25) is 0 Å². The largest absolute Gasteiger partial charge is 0.490 e. The predicted molar refractivity (Wildman–Crippen MR) is 126 cm³/mol. The minimum atomic E-state index is -0.283. The minimum Gasteiger partial charge on any atom is -0.490 e. The zero-order valence-corrected chi connectivity index (χ0v) is 18.6. The van der Waals surface area contributed by atoms with Crippen LogP contribution in [0.5, 0.6) is 11.5 Å². The number of para-hydroxylation sites is 1. The summed E-state index contributed by atoms with van der Waals surface area (Å²) < 4.78 is 11.4. The van der Waals surface area contributed by atoms with E-state index >= 15 is 0 Å². The summed E-state index contributed by atoms with van der Waals surface area (Å²) in [5.74, 6) is 0.509. The molecule has 0 saturated carbocycles. The molecule has 0 bridgehead atoms. The third-order valence-electron chi connectivity index (χ3n) is 4.45. The average molecular weight is 437 g/mol. The summed E-state index contributed by atoms with van der Waals surface area (Å²) in [6.45, 7) is 6.08. The van der Waals surface area contributed by atoms with Crippen LogP contribution in [0.3, 0.4) is 0 Å². The van der Waals surface area contributed by atoms with Gasteiger partial charge in [0.25, 0.3) is 5.91 Å². The number of benzene rings is 3. The fourth-order valence-electron chi connectivity index (χ4n) is 2.98. The van der Waals surface area contributed by atoms with E-state index in [4.69, 9.17) is 21.1 Å². The Kier molecular flexibility index (Phi) is 7.68. The van der Waals surface area contributed by atoms with Gasteiger partial charge in [-0.1, -0.05) is 41.9 Å². The van der Waals surface area contributed by atoms with Crippen molar-refractivity contribution in [3.05, 3.63) is 82.4 Å². The van der Waals surface area contributed by atoms with E-state index in [0.717, 1.165) is 22.4 Å². The SMILES string of the molecule is CCOc1cc(C=Nc2ccccc2C)cc(Cl)c1OCC(=O)Nc1cccc(C)c1. The lowest BCUT2D eigenvalue weighted by Crippen LogP contribution is -2.20. The Balaban J connectivity index is 1.74. The molecule has 0 saturated heterocycles. The molecule has 0 aliphatic rings. The van der Waals surface area contributed by atoms with Crippen molar-refractivity contribution in [3.63, 3.8) is 0 Å². The molecular weight excluding hydrogens is 412 g/mol. The standard InChI is InChI=1S/C25H25ClN2O3/c1-4-30-23-14-19(15-27-22-11-6-5-9-18(22)3)13-21(26)25(23)31-16-24(29)28-20-10-7-8-17(2)12-20/h5-15H,4,16H2,1-3H3,(H,28,29). The molecule has 1 amide bonds. The van der Waals surface area contributed by atoms with E-state index in [-0.39, 0.29) is 12.5 Å². The van der Waals surface area contributed by atoms with Crippen LogP contribution in [-0.2, 0) is 4.79 Å². The maximum Gasteiger partial charge on any atom is 0.262 e. The number of aryl methyl sites for hydroxylation is 2. The normalized spacial score (nSPS) is 10.8. The second-order valence-electron chi connectivity index (χ2n) is 7.01. The third kappa shape index (κ3) is 6.33. The number of hydrogen-bond donors (Lipinski definition) is 1. The fourth-order valence-corrected chi connectivity index (χ4v) is 3.25. The van der Waals surface area contributed by atoms with Gasteiger partial charge in [-0.15, -0.1) is 0 Å². The fraction of sp³-hybridized carbons (Fsp3) is 0.200. The lowest BCUT2D eigenvalue weighted by Gasteiger charge is -2.14. The number of anilines is 1. The minimum absolute atomic E-state index is 0.190. The molecule has 3 aromatic carbocycles. The Hall–Kier alpha value is -3.31. The molecule has 6 heteroatoms. The molecule has 0 aliphatic heterocycles. The van der Waals surface area contributed by atoms with Gasteiger partial charge in [-0.2, -0.15) is 0 Å². The van der Waals surface area contributed by atoms with E-state index < -0.39 is 0 Å². The van der Waals surface area contributed by atoms with Crippen LogP contribution < -0.4 is 14.8 Å². The molecule has 0 aromatic heterocycles. The van der Waals surface area contributed by atoms with Crippen LogP contribution in [0.1, 0.15) is 23.6 Å². The second kappa shape index (κ2) is 10.6. The van der Waals surface area contributed by atoms with Crippen molar-refractivity contribution in [2.24, 2.45) is 4.99 Å². The Morgan fingerprint density at radius 3 is 2.61 bits per heavy atom. The maximum absolute atomic E-state index is 12.3. The monoisotopic (exact) mass is 436 g/mol. The molecule has 0 radical (unpaired) electrons. The van der Waals surface area contributed by atoms with E-state index in [2.05, 4.69) is 10.3 Å². The molecule has 0 unspecified atom stereocenters. The summed E-state index contributed by atoms with van der Waals surface area (Å²) >= 11 is 6.45. The molecule has 0 spiro atoms. The number of rotatable bonds is 8. The first-order valence-electron chi connectivity index (χ1n) is 10.0. The zero-order valence-electron chi connectivity index (χ0n) is 17.8. The Labute approximate surface area is 187 Å². The average Bonchev–Trinajstić information content (AvgIpc) is 2.73. The van der Waals surface area contributed by atoms with E-state index in [9.17, 15) is 4.79 Å². The van der Waals surface area contributed by atoms with Crippen LogP contribution in [0.15, 0.2) is 65.7 Å². The molecule has 0 atom stereocenters. The van der Waals surface area contributed by atoms with Gasteiger partial charge in [0.05, 0.1) is 17.3 Å². The smallest absolute Gasteiger partial charge is 0.262 e. The van der Waals surface area contributed by atoms with Crippen LogP contribution in [0.2, 0.25) is 5.02 Å². The van der Waals surface area contributed by atoms with E-state index in [1.165, 1.54) is 0 Å². The molecular formula is C25H25ClN2O3. The molecule has 1 N–H and O–H groups in total. The van der Waals surface area contributed by atoms with Gasteiger partial charge in [0, 0.05) is 11.9 Å². The first-order valence-corrected chi connectivity index (χ1v) is 10.4. The van der Waals surface area contributed by atoms with Gasteiger partial charge in [-0.25, -0.2) is 0 Å². The van der Waals surface area contributed by atoms with Gasteiger partial charge >= 0.3 is 0 Å².